The van der Waals surface area contributed by atoms with Gasteiger partial charge < -0.3 is 9.84 Å². The number of hydrogen-bond donors (Lipinski definition) is 1. The molecule has 0 bridgehead atoms. The van der Waals surface area contributed by atoms with Gasteiger partial charge in [0.15, 0.2) is 0 Å². The molecule has 5 nitrogen and oxygen atoms in total. The SMILES string of the molecule is CCOC1CC(C)(C)Cc2nc(C(C)C)c([C@@H](O)c3cnc(C(C)(C)C)nc3)c(C)c21. The Labute approximate surface area is 187 Å². The summed E-state index contributed by atoms with van der Waals surface area (Å²) < 4.78 is 6.17. The molecule has 3 rings (SSSR count). The number of aliphatic hydroxyl groups is 1. The van der Waals surface area contributed by atoms with E-state index in [2.05, 4.69) is 65.4 Å². The van der Waals surface area contributed by atoms with Crippen LogP contribution in [0.1, 0.15) is 119 Å². The average Bonchev–Trinajstić information content (AvgIpc) is 2.65. The molecular weight excluding hydrogens is 386 g/mol. The molecule has 1 aliphatic rings. The Morgan fingerprint density at radius 3 is 2.32 bits per heavy atom. The van der Waals surface area contributed by atoms with Crippen molar-refractivity contribution in [1.29, 1.82) is 0 Å². The number of fused-ring (bicyclic) bond motifs is 1. The third-order valence-corrected chi connectivity index (χ3v) is 6.20. The van der Waals surface area contributed by atoms with Crippen molar-refractivity contribution in [3.05, 3.63) is 51.9 Å². The van der Waals surface area contributed by atoms with Crippen molar-refractivity contribution >= 4 is 0 Å². The van der Waals surface area contributed by atoms with Crippen LogP contribution in [0.5, 0.6) is 0 Å². The van der Waals surface area contributed by atoms with Crippen molar-refractivity contribution in [2.24, 2.45) is 5.41 Å². The minimum atomic E-state index is -0.818. The molecule has 0 radical (unpaired) electrons. The van der Waals surface area contributed by atoms with Crippen molar-refractivity contribution in [1.82, 2.24) is 15.0 Å². The highest BCUT2D eigenvalue weighted by Crippen LogP contribution is 2.46. The quantitative estimate of drug-likeness (QED) is 0.662. The second-order valence-electron chi connectivity index (χ2n) is 11.0. The lowest BCUT2D eigenvalue weighted by Crippen LogP contribution is -2.30. The van der Waals surface area contributed by atoms with Gasteiger partial charge in [-0.05, 0) is 43.6 Å². The lowest BCUT2D eigenvalue weighted by atomic mass is 9.72. The van der Waals surface area contributed by atoms with Gasteiger partial charge in [0, 0.05) is 52.5 Å². The van der Waals surface area contributed by atoms with E-state index in [1.54, 1.807) is 12.4 Å². The minimum Gasteiger partial charge on any atom is -0.383 e. The number of rotatable bonds is 5. The summed E-state index contributed by atoms with van der Waals surface area (Å²) in [5, 5.41) is 11.5. The number of aromatic nitrogens is 3. The molecule has 2 atom stereocenters. The van der Waals surface area contributed by atoms with Crippen molar-refractivity contribution in [2.45, 2.75) is 98.7 Å². The molecular formula is C26H39N3O2. The van der Waals surface area contributed by atoms with Crippen LogP contribution in [0.25, 0.3) is 0 Å². The van der Waals surface area contributed by atoms with E-state index in [-0.39, 0.29) is 22.9 Å². The Bertz CT molecular complexity index is 927. The van der Waals surface area contributed by atoms with Crippen LogP contribution in [0.4, 0.5) is 0 Å². The third-order valence-electron chi connectivity index (χ3n) is 6.20. The summed E-state index contributed by atoms with van der Waals surface area (Å²) >= 11 is 0. The van der Waals surface area contributed by atoms with E-state index < -0.39 is 6.10 Å². The summed E-state index contributed by atoms with van der Waals surface area (Å²) in [7, 11) is 0. The topological polar surface area (TPSA) is 68.1 Å². The van der Waals surface area contributed by atoms with Crippen LogP contribution < -0.4 is 0 Å². The molecule has 1 unspecified atom stereocenters. The number of ether oxygens (including phenoxy) is 1. The molecule has 2 aromatic heterocycles. The summed E-state index contributed by atoms with van der Waals surface area (Å²) in [6.45, 7) is 19.9. The normalized spacial score (nSPS) is 19.4. The summed E-state index contributed by atoms with van der Waals surface area (Å²) in [5.74, 6) is 0.963. The van der Waals surface area contributed by atoms with E-state index in [1.807, 2.05) is 6.92 Å². The first-order valence-corrected chi connectivity index (χ1v) is 11.5. The Kier molecular flexibility index (Phi) is 6.60. The molecule has 0 saturated carbocycles. The van der Waals surface area contributed by atoms with Crippen LogP contribution in [0, 0.1) is 12.3 Å². The molecule has 0 aromatic carbocycles. The smallest absolute Gasteiger partial charge is 0.133 e. The maximum absolute atomic E-state index is 11.5. The van der Waals surface area contributed by atoms with E-state index in [0.29, 0.717) is 12.2 Å². The van der Waals surface area contributed by atoms with Gasteiger partial charge in [-0.1, -0.05) is 48.5 Å². The molecule has 2 heterocycles. The fourth-order valence-electron chi connectivity index (χ4n) is 4.67. The van der Waals surface area contributed by atoms with Crippen molar-refractivity contribution in [2.75, 3.05) is 6.61 Å². The van der Waals surface area contributed by atoms with Gasteiger partial charge in [-0.15, -0.1) is 0 Å². The van der Waals surface area contributed by atoms with E-state index in [1.165, 1.54) is 0 Å². The third kappa shape index (κ3) is 4.83. The molecule has 0 saturated heterocycles. The molecule has 170 valence electrons. The number of pyridine rings is 1. The molecule has 2 aromatic rings. The number of nitrogens with zero attached hydrogens (tertiary/aromatic N) is 3. The van der Waals surface area contributed by atoms with Crippen LogP contribution in [-0.4, -0.2) is 26.7 Å². The minimum absolute atomic E-state index is 0.00271. The van der Waals surface area contributed by atoms with Crippen LogP contribution in [0.3, 0.4) is 0 Å². The van der Waals surface area contributed by atoms with E-state index in [4.69, 9.17) is 9.72 Å². The van der Waals surface area contributed by atoms with Gasteiger partial charge in [-0.2, -0.15) is 0 Å². The first-order valence-electron chi connectivity index (χ1n) is 11.5. The lowest BCUT2D eigenvalue weighted by Gasteiger charge is -2.38. The van der Waals surface area contributed by atoms with Crippen molar-refractivity contribution < 1.29 is 9.84 Å². The van der Waals surface area contributed by atoms with E-state index in [9.17, 15) is 5.11 Å². The zero-order valence-corrected chi connectivity index (χ0v) is 20.7. The van der Waals surface area contributed by atoms with Crippen LogP contribution in [0.2, 0.25) is 0 Å². The van der Waals surface area contributed by atoms with Crippen molar-refractivity contribution in [3.8, 4) is 0 Å². The molecule has 0 amide bonds. The Morgan fingerprint density at radius 1 is 1.19 bits per heavy atom. The second kappa shape index (κ2) is 8.59. The number of hydrogen-bond acceptors (Lipinski definition) is 5. The predicted molar refractivity (Wildman–Crippen MR) is 124 cm³/mol. The Morgan fingerprint density at radius 2 is 1.81 bits per heavy atom. The highest BCUT2D eigenvalue weighted by molar-refractivity contribution is 5.47. The Hall–Kier alpha value is -1.85. The van der Waals surface area contributed by atoms with Crippen LogP contribution in [0.15, 0.2) is 12.4 Å². The summed E-state index contributed by atoms with van der Waals surface area (Å²) in [6, 6.07) is 0. The molecule has 1 N–H and O–H groups in total. The highest BCUT2D eigenvalue weighted by atomic mass is 16.5. The zero-order chi connectivity index (χ0) is 23.1. The van der Waals surface area contributed by atoms with E-state index >= 15 is 0 Å². The maximum atomic E-state index is 11.5. The Balaban J connectivity index is 2.14. The van der Waals surface area contributed by atoms with Crippen LogP contribution >= 0.6 is 0 Å². The molecule has 0 fully saturated rings. The molecule has 31 heavy (non-hydrogen) atoms. The lowest BCUT2D eigenvalue weighted by molar-refractivity contribution is 0.0184. The first-order chi connectivity index (χ1) is 14.4. The van der Waals surface area contributed by atoms with Gasteiger partial charge in [-0.3, -0.25) is 4.98 Å². The van der Waals surface area contributed by atoms with Gasteiger partial charge in [0.25, 0.3) is 0 Å². The number of aliphatic hydroxyl groups excluding tert-OH is 1. The van der Waals surface area contributed by atoms with Gasteiger partial charge in [-0.25, -0.2) is 9.97 Å². The first kappa shape index (κ1) is 23.8. The summed E-state index contributed by atoms with van der Waals surface area (Å²) in [4.78, 5) is 14.2. The van der Waals surface area contributed by atoms with Gasteiger partial charge in [0.2, 0.25) is 0 Å². The molecule has 1 aliphatic carbocycles. The fraction of sp³-hybridized carbons (Fsp3) is 0.654. The monoisotopic (exact) mass is 425 g/mol. The standard InChI is InChI=1S/C26H39N3O2/c1-10-31-19-12-26(8,9)11-18-20(19)16(4)21(22(29-18)15(2)3)23(30)17-13-27-24(28-14-17)25(5,6)7/h13-15,19,23,30H,10-12H2,1-9H3/t19?,23-/m0/s1. The predicted octanol–water partition coefficient (Wildman–Crippen LogP) is 5.73. The van der Waals surface area contributed by atoms with Gasteiger partial charge in [0.1, 0.15) is 11.9 Å². The van der Waals surface area contributed by atoms with E-state index in [0.717, 1.165) is 46.7 Å². The van der Waals surface area contributed by atoms with Gasteiger partial charge in [0.05, 0.1) is 6.10 Å². The summed E-state index contributed by atoms with van der Waals surface area (Å²) in [6.07, 6.45) is 4.57. The largest absolute Gasteiger partial charge is 0.383 e. The fourth-order valence-corrected chi connectivity index (χ4v) is 4.67. The molecule has 0 spiro atoms. The highest BCUT2D eigenvalue weighted by Gasteiger charge is 2.37. The van der Waals surface area contributed by atoms with Gasteiger partial charge >= 0.3 is 0 Å². The van der Waals surface area contributed by atoms with Crippen molar-refractivity contribution in [3.63, 3.8) is 0 Å². The molecule has 0 aliphatic heterocycles. The van der Waals surface area contributed by atoms with Crippen LogP contribution in [-0.2, 0) is 16.6 Å². The zero-order valence-electron chi connectivity index (χ0n) is 20.7. The molecule has 5 heteroatoms. The average molecular weight is 426 g/mol. The summed E-state index contributed by atoms with van der Waals surface area (Å²) in [5.41, 5.74) is 5.91. The second-order valence-corrected chi connectivity index (χ2v) is 11.0. The maximum Gasteiger partial charge on any atom is 0.133 e.